The van der Waals surface area contributed by atoms with Crippen LogP contribution in [0.3, 0.4) is 0 Å². The van der Waals surface area contributed by atoms with Gasteiger partial charge >= 0.3 is 6.18 Å². The van der Waals surface area contributed by atoms with E-state index in [9.17, 15) is 18.0 Å². The zero-order chi connectivity index (χ0) is 19.4. The number of nitrogens with zero attached hydrogens (tertiary/aromatic N) is 4. The maximum atomic E-state index is 12.8. The monoisotopic (exact) mass is 371 g/mol. The van der Waals surface area contributed by atoms with E-state index in [4.69, 9.17) is 5.26 Å². The van der Waals surface area contributed by atoms with E-state index < -0.39 is 17.6 Å². The first-order valence-electron chi connectivity index (χ1n) is 7.74. The number of nitriles is 1. The average molecular weight is 371 g/mol. The number of amides is 1. The summed E-state index contributed by atoms with van der Waals surface area (Å²) in [6, 6.07) is 10.8. The van der Waals surface area contributed by atoms with Gasteiger partial charge in [-0.25, -0.2) is 0 Å². The quantitative estimate of drug-likeness (QED) is 0.715. The third-order valence-electron chi connectivity index (χ3n) is 3.69. The minimum absolute atomic E-state index is 0.0843. The van der Waals surface area contributed by atoms with Crippen LogP contribution in [0, 0.1) is 11.3 Å². The molecule has 0 saturated carbocycles. The fraction of sp³-hybridized carbons (Fsp3) is 0.111. The number of halogens is 3. The molecule has 0 fully saturated rings. The largest absolute Gasteiger partial charge is 0.417 e. The number of pyridine rings is 1. The summed E-state index contributed by atoms with van der Waals surface area (Å²) in [7, 11) is 0. The zero-order valence-electron chi connectivity index (χ0n) is 13.7. The lowest BCUT2D eigenvalue weighted by molar-refractivity contribution is -0.137. The predicted molar refractivity (Wildman–Crippen MR) is 90.0 cm³/mol. The van der Waals surface area contributed by atoms with E-state index in [1.165, 1.54) is 16.5 Å². The van der Waals surface area contributed by atoms with Crippen LogP contribution in [0.4, 0.5) is 13.2 Å². The van der Waals surface area contributed by atoms with E-state index in [0.29, 0.717) is 5.56 Å². The van der Waals surface area contributed by atoms with Crippen LogP contribution in [0.1, 0.15) is 22.5 Å². The first-order valence-corrected chi connectivity index (χ1v) is 7.74. The molecule has 1 N–H and O–H groups in total. The molecule has 9 heteroatoms. The first kappa shape index (κ1) is 18.1. The van der Waals surface area contributed by atoms with Crippen molar-refractivity contribution in [3.8, 4) is 6.07 Å². The van der Waals surface area contributed by atoms with Gasteiger partial charge in [0, 0.05) is 12.3 Å². The van der Waals surface area contributed by atoms with Gasteiger partial charge in [-0.15, -0.1) is 10.2 Å². The Labute approximate surface area is 151 Å². The van der Waals surface area contributed by atoms with Crippen molar-refractivity contribution in [2.75, 3.05) is 0 Å². The van der Waals surface area contributed by atoms with Gasteiger partial charge in [0.2, 0.25) is 5.91 Å². The lowest BCUT2D eigenvalue weighted by atomic mass is 10.1. The summed E-state index contributed by atoms with van der Waals surface area (Å²) in [6.45, 7) is -0.0843. The third-order valence-corrected chi connectivity index (χ3v) is 3.69. The van der Waals surface area contributed by atoms with Gasteiger partial charge in [-0.2, -0.15) is 18.4 Å². The second-order valence-corrected chi connectivity index (χ2v) is 5.54. The summed E-state index contributed by atoms with van der Waals surface area (Å²) in [5.41, 5.74) is 0.656. The fourth-order valence-electron chi connectivity index (χ4n) is 2.29. The molecule has 27 heavy (non-hydrogen) atoms. The summed E-state index contributed by atoms with van der Waals surface area (Å²) in [5.74, 6) is -0.265. The Hall–Kier alpha value is -3.67. The number of carbonyl (C=O) groups excluding carboxylic acids is 1. The highest BCUT2D eigenvalue weighted by Crippen LogP contribution is 2.29. The number of alkyl halides is 3. The minimum atomic E-state index is -4.48. The highest BCUT2D eigenvalue weighted by atomic mass is 19.4. The Morgan fingerprint density at radius 2 is 1.93 bits per heavy atom. The Morgan fingerprint density at radius 3 is 2.59 bits per heavy atom. The summed E-state index contributed by atoms with van der Waals surface area (Å²) >= 11 is 0. The van der Waals surface area contributed by atoms with Gasteiger partial charge in [-0.1, -0.05) is 12.1 Å². The molecule has 3 aromatic rings. The number of hydrogen-bond donors (Lipinski definition) is 1. The summed E-state index contributed by atoms with van der Waals surface area (Å²) in [6.07, 6.45) is -0.752. The fourth-order valence-corrected chi connectivity index (χ4v) is 2.29. The van der Waals surface area contributed by atoms with Gasteiger partial charge in [0.1, 0.15) is 0 Å². The van der Waals surface area contributed by atoms with Gasteiger partial charge in [-0.3, -0.25) is 9.20 Å². The number of nitrogens with one attached hydrogen (secondary N) is 1. The van der Waals surface area contributed by atoms with Crippen molar-refractivity contribution in [3.05, 3.63) is 71.2 Å². The van der Waals surface area contributed by atoms with Crippen LogP contribution in [0.25, 0.3) is 11.7 Å². The van der Waals surface area contributed by atoms with Gasteiger partial charge in [0.15, 0.2) is 11.5 Å². The average Bonchev–Trinajstić information content (AvgIpc) is 3.06. The van der Waals surface area contributed by atoms with E-state index >= 15 is 0 Å². The van der Waals surface area contributed by atoms with Crippen LogP contribution in [0.5, 0.6) is 0 Å². The highest BCUT2D eigenvalue weighted by molar-refractivity contribution is 5.91. The van der Waals surface area contributed by atoms with Crippen LogP contribution in [0.2, 0.25) is 0 Å². The molecule has 1 aromatic carbocycles. The number of hydrogen-bond acceptors (Lipinski definition) is 4. The van der Waals surface area contributed by atoms with Crippen molar-refractivity contribution in [3.63, 3.8) is 0 Å². The smallest absolute Gasteiger partial charge is 0.345 e. The number of benzene rings is 1. The van der Waals surface area contributed by atoms with E-state index in [1.807, 2.05) is 6.07 Å². The van der Waals surface area contributed by atoms with Gasteiger partial charge in [0.05, 0.1) is 23.7 Å². The van der Waals surface area contributed by atoms with Crippen LogP contribution in [-0.2, 0) is 17.5 Å². The molecular formula is C18H12F3N5O. The molecule has 1 amide bonds. The van der Waals surface area contributed by atoms with E-state index in [0.717, 1.165) is 17.8 Å². The van der Waals surface area contributed by atoms with Crippen molar-refractivity contribution < 1.29 is 18.0 Å². The van der Waals surface area contributed by atoms with Crippen LogP contribution in [0.15, 0.2) is 48.7 Å². The van der Waals surface area contributed by atoms with Crippen molar-refractivity contribution in [1.29, 1.82) is 5.26 Å². The highest BCUT2D eigenvalue weighted by Gasteiger charge is 2.31. The Kier molecular flexibility index (Phi) is 4.90. The summed E-state index contributed by atoms with van der Waals surface area (Å²) in [4.78, 5) is 11.9. The molecule has 0 aliphatic carbocycles. The molecule has 0 unspecified atom stereocenters. The van der Waals surface area contributed by atoms with Crippen molar-refractivity contribution >= 4 is 17.6 Å². The van der Waals surface area contributed by atoms with Crippen LogP contribution < -0.4 is 5.32 Å². The van der Waals surface area contributed by atoms with Crippen LogP contribution in [-0.4, -0.2) is 20.5 Å². The lowest BCUT2D eigenvalue weighted by Crippen LogP contribution is -2.21. The summed E-state index contributed by atoms with van der Waals surface area (Å²) < 4.78 is 39.7. The number of aromatic nitrogens is 3. The molecule has 0 aliphatic rings. The molecule has 0 bridgehead atoms. The molecule has 136 valence electrons. The Balaban J connectivity index is 1.68. The SMILES string of the molecule is N#Cc1ccc(/C=C/C(=O)NCc2nnc3ccc(C(F)(F)F)cn23)cc1. The summed E-state index contributed by atoms with van der Waals surface area (Å²) in [5, 5.41) is 18.9. The molecule has 0 aliphatic heterocycles. The van der Waals surface area contributed by atoms with Gasteiger partial charge < -0.3 is 5.32 Å². The molecule has 0 radical (unpaired) electrons. The molecule has 2 aromatic heterocycles. The third kappa shape index (κ3) is 4.30. The van der Waals surface area contributed by atoms with Gasteiger partial charge in [0.25, 0.3) is 0 Å². The second kappa shape index (κ2) is 7.29. The standard InChI is InChI=1S/C18H12F3N5O/c19-18(20,21)14-6-7-15-24-25-16(26(15)11-14)10-23-17(27)8-5-12-1-3-13(9-22)4-2-12/h1-8,11H,10H2,(H,23,27)/b8-5+. The van der Waals surface area contributed by atoms with E-state index in [1.54, 1.807) is 30.3 Å². The Morgan fingerprint density at radius 1 is 1.19 bits per heavy atom. The first-order chi connectivity index (χ1) is 12.9. The number of carbonyl (C=O) groups is 1. The molecular weight excluding hydrogens is 359 g/mol. The van der Waals surface area contributed by atoms with E-state index in [-0.39, 0.29) is 18.0 Å². The predicted octanol–water partition coefficient (Wildman–Crippen LogP) is 2.95. The molecule has 0 spiro atoms. The van der Waals surface area contributed by atoms with Crippen molar-refractivity contribution in [1.82, 2.24) is 19.9 Å². The topological polar surface area (TPSA) is 83.1 Å². The minimum Gasteiger partial charge on any atom is -0.345 e. The normalized spacial score (nSPS) is 11.6. The van der Waals surface area contributed by atoms with E-state index in [2.05, 4.69) is 15.5 Å². The molecule has 6 nitrogen and oxygen atoms in total. The lowest BCUT2D eigenvalue weighted by Gasteiger charge is -2.07. The van der Waals surface area contributed by atoms with Crippen molar-refractivity contribution in [2.24, 2.45) is 0 Å². The molecule has 0 atom stereocenters. The number of fused-ring (bicyclic) bond motifs is 1. The number of rotatable bonds is 4. The van der Waals surface area contributed by atoms with Crippen LogP contribution >= 0.6 is 0 Å². The molecule has 3 rings (SSSR count). The Bertz CT molecular complexity index is 1050. The maximum absolute atomic E-state index is 12.8. The second-order valence-electron chi connectivity index (χ2n) is 5.54. The zero-order valence-corrected chi connectivity index (χ0v) is 13.7. The van der Waals surface area contributed by atoms with Crippen molar-refractivity contribution in [2.45, 2.75) is 12.7 Å². The molecule has 2 heterocycles. The molecule has 0 saturated heterocycles. The maximum Gasteiger partial charge on any atom is 0.417 e. The van der Waals surface area contributed by atoms with Gasteiger partial charge in [-0.05, 0) is 35.9 Å².